The summed E-state index contributed by atoms with van der Waals surface area (Å²) >= 11 is 0. The van der Waals surface area contributed by atoms with Crippen molar-refractivity contribution in [2.24, 2.45) is 5.92 Å². The number of benzene rings is 1. The maximum atomic E-state index is 4.85. The molecule has 114 valence electrons. The molecule has 0 saturated heterocycles. The van der Waals surface area contributed by atoms with Gasteiger partial charge >= 0.3 is 0 Å². The summed E-state index contributed by atoms with van der Waals surface area (Å²) < 4.78 is 0. The summed E-state index contributed by atoms with van der Waals surface area (Å²) in [5, 5.41) is 4.67. The Balaban J connectivity index is 2.45. The van der Waals surface area contributed by atoms with Crippen molar-refractivity contribution in [3.05, 3.63) is 35.9 Å². The van der Waals surface area contributed by atoms with Crippen molar-refractivity contribution in [1.82, 2.24) is 10.3 Å². The predicted octanol–water partition coefficient (Wildman–Crippen LogP) is 3.83. The zero-order valence-electron chi connectivity index (χ0n) is 13.9. The smallest absolute Gasteiger partial charge is 0.129 e. The van der Waals surface area contributed by atoms with Gasteiger partial charge in [0.2, 0.25) is 0 Å². The number of nitrogens with one attached hydrogen (secondary N) is 1. The van der Waals surface area contributed by atoms with Gasteiger partial charge < -0.3 is 10.2 Å². The maximum Gasteiger partial charge on any atom is 0.129 e. The molecule has 2 rings (SSSR count). The van der Waals surface area contributed by atoms with Gasteiger partial charge in [-0.05, 0) is 37.1 Å². The lowest BCUT2D eigenvalue weighted by Crippen LogP contribution is -2.33. The average Bonchev–Trinajstić information content (AvgIpc) is 2.50. The molecule has 0 bridgehead atoms. The zero-order chi connectivity index (χ0) is 15.4. The van der Waals surface area contributed by atoms with Gasteiger partial charge in [0.05, 0.1) is 5.52 Å². The monoisotopic (exact) mass is 285 g/mol. The van der Waals surface area contributed by atoms with Gasteiger partial charge in [-0.1, -0.05) is 39.0 Å². The van der Waals surface area contributed by atoms with Gasteiger partial charge in [0.1, 0.15) is 5.82 Å². The SMILES string of the molecule is CCNCc1cc(N(C)C(C)C(C)C)nc2ccccc12. The number of fused-ring (bicyclic) bond motifs is 1. The van der Waals surface area contributed by atoms with E-state index in [1.54, 1.807) is 0 Å². The molecule has 0 saturated carbocycles. The lowest BCUT2D eigenvalue weighted by Gasteiger charge is -2.29. The van der Waals surface area contributed by atoms with Gasteiger partial charge in [-0.3, -0.25) is 0 Å². The quantitative estimate of drug-likeness (QED) is 0.874. The Bertz CT molecular complexity index is 592. The number of aromatic nitrogens is 1. The highest BCUT2D eigenvalue weighted by Gasteiger charge is 2.16. The molecule has 1 aromatic heterocycles. The number of para-hydroxylation sites is 1. The van der Waals surface area contributed by atoms with Crippen LogP contribution in [-0.4, -0.2) is 24.6 Å². The molecule has 0 aliphatic rings. The van der Waals surface area contributed by atoms with Crippen molar-refractivity contribution in [3.63, 3.8) is 0 Å². The zero-order valence-corrected chi connectivity index (χ0v) is 13.9. The Morgan fingerprint density at radius 3 is 2.57 bits per heavy atom. The van der Waals surface area contributed by atoms with Crippen LogP contribution in [0.4, 0.5) is 5.82 Å². The third-order valence-electron chi connectivity index (χ3n) is 4.29. The summed E-state index contributed by atoms with van der Waals surface area (Å²) in [6.07, 6.45) is 0. The molecule has 1 heterocycles. The normalized spacial score (nSPS) is 12.9. The van der Waals surface area contributed by atoms with E-state index in [-0.39, 0.29) is 0 Å². The van der Waals surface area contributed by atoms with Crippen molar-refractivity contribution in [2.75, 3.05) is 18.5 Å². The molecule has 3 nitrogen and oxygen atoms in total. The van der Waals surface area contributed by atoms with Gasteiger partial charge in [-0.2, -0.15) is 0 Å². The van der Waals surface area contributed by atoms with E-state index < -0.39 is 0 Å². The number of pyridine rings is 1. The van der Waals surface area contributed by atoms with Crippen LogP contribution in [0.2, 0.25) is 0 Å². The van der Waals surface area contributed by atoms with Crippen molar-refractivity contribution in [2.45, 2.75) is 40.3 Å². The number of nitrogens with zero attached hydrogens (tertiary/aromatic N) is 2. The number of rotatable bonds is 6. The fraction of sp³-hybridized carbons (Fsp3) is 0.500. The molecule has 0 aliphatic heterocycles. The van der Waals surface area contributed by atoms with E-state index in [0.29, 0.717) is 12.0 Å². The summed E-state index contributed by atoms with van der Waals surface area (Å²) in [6.45, 7) is 10.8. The van der Waals surface area contributed by atoms with Crippen molar-refractivity contribution >= 4 is 16.7 Å². The van der Waals surface area contributed by atoms with Crippen molar-refractivity contribution in [3.8, 4) is 0 Å². The maximum absolute atomic E-state index is 4.85. The van der Waals surface area contributed by atoms with Crippen LogP contribution in [-0.2, 0) is 6.54 Å². The second-order valence-corrected chi connectivity index (χ2v) is 6.03. The minimum Gasteiger partial charge on any atom is -0.357 e. The van der Waals surface area contributed by atoms with E-state index in [0.717, 1.165) is 24.4 Å². The molecule has 2 aromatic rings. The first-order valence-electron chi connectivity index (χ1n) is 7.86. The second-order valence-electron chi connectivity index (χ2n) is 6.03. The Labute approximate surface area is 128 Å². The minimum atomic E-state index is 0.464. The standard InChI is InChI=1S/C18H27N3/c1-6-19-12-15-11-18(21(5)14(4)13(2)3)20-17-10-8-7-9-16(15)17/h7-11,13-14,19H,6,12H2,1-5H3. The lowest BCUT2D eigenvalue weighted by molar-refractivity contribution is 0.503. The summed E-state index contributed by atoms with van der Waals surface area (Å²) in [5.74, 6) is 1.66. The summed E-state index contributed by atoms with van der Waals surface area (Å²) in [6, 6.07) is 11.1. The Morgan fingerprint density at radius 2 is 1.90 bits per heavy atom. The third kappa shape index (κ3) is 3.53. The molecule has 0 radical (unpaired) electrons. The van der Waals surface area contributed by atoms with Gasteiger partial charge in [0, 0.05) is 25.0 Å². The Morgan fingerprint density at radius 1 is 1.19 bits per heavy atom. The Hall–Kier alpha value is -1.61. The first kappa shape index (κ1) is 15.8. The molecule has 1 unspecified atom stereocenters. The number of hydrogen-bond acceptors (Lipinski definition) is 3. The van der Waals surface area contributed by atoms with Crippen molar-refractivity contribution < 1.29 is 0 Å². The highest BCUT2D eigenvalue weighted by atomic mass is 15.2. The molecule has 1 aromatic carbocycles. The molecular formula is C18H27N3. The van der Waals surface area contributed by atoms with Crippen LogP contribution in [0.15, 0.2) is 30.3 Å². The molecule has 1 atom stereocenters. The second kappa shape index (κ2) is 6.90. The first-order valence-corrected chi connectivity index (χ1v) is 7.86. The highest BCUT2D eigenvalue weighted by molar-refractivity contribution is 5.84. The van der Waals surface area contributed by atoms with Gasteiger partial charge in [-0.25, -0.2) is 4.98 Å². The highest BCUT2D eigenvalue weighted by Crippen LogP contribution is 2.24. The van der Waals surface area contributed by atoms with Crippen LogP contribution < -0.4 is 10.2 Å². The van der Waals surface area contributed by atoms with E-state index in [1.807, 2.05) is 0 Å². The minimum absolute atomic E-state index is 0.464. The van der Waals surface area contributed by atoms with Gasteiger partial charge in [0.15, 0.2) is 0 Å². The van der Waals surface area contributed by atoms with Crippen LogP contribution in [0.25, 0.3) is 10.9 Å². The molecule has 1 N–H and O–H groups in total. The molecule has 0 amide bonds. The predicted molar refractivity (Wildman–Crippen MR) is 91.8 cm³/mol. The van der Waals surface area contributed by atoms with Gasteiger partial charge in [-0.15, -0.1) is 0 Å². The molecule has 21 heavy (non-hydrogen) atoms. The van der Waals surface area contributed by atoms with Gasteiger partial charge in [0.25, 0.3) is 0 Å². The summed E-state index contributed by atoms with van der Waals surface area (Å²) in [7, 11) is 2.14. The first-order chi connectivity index (χ1) is 10.0. The van der Waals surface area contributed by atoms with E-state index in [1.165, 1.54) is 10.9 Å². The lowest BCUT2D eigenvalue weighted by atomic mass is 10.0. The van der Waals surface area contributed by atoms with E-state index in [4.69, 9.17) is 4.98 Å². The van der Waals surface area contributed by atoms with Crippen LogP contribution in [0, 0.1) is 5.92 Å². The fourth-order valence-corrected chi connectivity index (χ4v) is 2.47. The Kier molecular flexibility index (Phi) is 5.18. The van der Waals surface area contributed by atoms with E-state index in [2.05, 4.69) is 75.3 Å². The average molecular weight is 285 g/mol. The summed E-state index contributed by atoms with van der Waals surface area (Å²) in [5.41, 5.74) is 2.39. The van der Waals surface area contributed by atoms with Crippen molar-refractivity contribution in [1.29, 1.82) is 0 Å². The summed E-state index contributed by atoms with van der Waals surface area (Å²) in [4.78, 5) is 7.13. The van der Waals surface area contributed by atoms with Crippen LogP contribution >= 0.6 is 0 Å². The van der Waals surface area contributed by atoms with E-state index in [9.17, 15) is 0 Å². The number of anilines is 1. The van der Waals surface area contributed by atoms with Crippen LogP contribution in [0.1, 0.15) is 33.3 Å². The van der Waals surface area contributed by atoms with E-state index >= 15 is 0 Å². The molecule has 3 heteroatoms. The molecule has 0 spiro atoms. The third-order valence-corrected chi connectivity index (χ3v) is 4.29. The van der Waals surface area contributed by atoms with Crippen LogP contribution in [0.5, 0.6) is 0 Å². The number of hydrogen-bond donors (Lipinski definition) is 1. The fourth-order valence-electron chi connectivity index (χ4n) is 2.47. The molecule has 0 aliphatic carbocycles. The molecule has 0 fully saturated rings. The largest absolute Gasteiger partial charge is 0.357 e. The molecular weight excluding hydrogens is 258 g/mol. The van der Waals surface area contributed by atoms with Crippen LogP contribution in [0.3, 0.4) is 0 Å². The topological polar surface area (TPSA) is 28.2 Å².